The molecule has 1 heterocycles. The van der Waals surface area contributed by atoms with Crippen molar-refractivity contribution in [1.82, 2.24) is 4.90 Å². The molecular formula is C20H23ClN4O2. The standard InChI is InChI=1S/C20H23ClN4O2/c1-24(12-14-9-10-25(13-14)16-5-3-2-4-6-16)20(27)23-15-7-8-17(19(22)26)18(21)11-15/h2-8,11,14H,9-10,12-13H2,1H3,(H2,22,26)(H,23,27)/t14-/m1/s1. The van der Waals surface area contributed by atoms with E-state index < -0.39 is 5.91 Å². The molecule has 0 aliphatic carbocycles. The number of urea groups is 1. The van der Waals surface area contributed by atoms with E-state index in [1.807, 2.05) is 18.2 Å². The minimum absolute atomic E-state index is 0.212. The van der Waals surface area contributed by atoms with Gasteiger partial charge in [-0.25, -0.2) is 4.79 Å². The topological polar surface area (TPSA) is 78.7 Å². The zero-order chi connectivity index (χ0) is 19.4. The van der Waals surface area contributed by atoms with E-state index >= 15 is 0 Å². The first-order valence-electron chi connectivity index (χ1n) is 8.85. The second-order valence-electron chi connectivity index (χ2n) is 6.81. The van der Waals surface area contributed by atoms with E-state index in [0.717, 1.165) is 19.5 Å². The normalized spacial score (nSPS) is 16.2. The van der Waals surface area contributed by atoms with Crippen molar-refractivity contribution in [2.45, 2.75) is 6.42 Å². The predicted octanol–water partition coefficient (Wildman–Crippen LogP) is 3.43. The Bertz CT molecular complexity index is 828. The molecule has 2 aromatic carbocycles. The van der Waals surface area contributed by atoms with Crippen LogP contribution in [-0.2, 0) is 0 Å². The number of amides is 3. The van der Waals surface area contributed by atoms with Gasteiger partial charge >= 0.3 is 6.03 Å². The maximum absolute atomic E-state index is 12.4. The Hall–Kier alpha value is -2.73. The summed E-state index contributed by atoms with van der Waals surface area (Å²) in [5, 5.41) is 3.02. The Balaban J connectivity index is 1.54. The monoisotopic (exact) mass is 386 g/mol. The average molecular weight is 387 g/mol. The minimum Gasteiger partial charge on any atom is -0.371 e. The summed E-state index contributed by atoms with van der Waals surface area (Å²) in [6, 6.07) is 14.7. The third-order valence-corrected chi connectivity index (χ3v) is 5.08. The summed E-state index contributed by atoms with van der Waals surface area (Å²) in [5.74, 6) is -0.180. The molecule has 0 radical (unpaired) electrons. The van der Waals surface area contributed by atoms with Crippen LogP contribution in [0.2, 0.25) is 5.02 Å². The molecule has 1 aliphatic heterocycles. The lowest BCUT2D eigenvalue weighted by atomic mass is 10.1. The summed E-state index contributed by atoms with van der Waals surface area (Å²) in [7, 11) is 1.78. The molecule has 142 valence electrons. The van der Waals surface area contributed by atoms with Crippen LogP contribution in [-0.4, -0.2) is 43.5 Å². The van der Waals surface area contributed by atoms with E-state index in [-0.39, 0.29) is 16.6 Å². The number of hydrogen-bond donors (Lipinski definition) is 2. The van der Waals surface area contributed by atoms with Crippen molar-refractivity contribution in [2.75, 3.05) is 36.9 Å². The predicted molar refractivity (Wildman–Crippen MR) is 108 cm³/mol. The Morgan fingerprint density at radius 1 is 1.26 bits per heavy atom. The zero-order valence-corrected chi connectivity index (χ0v) is 15.9. The van der Waals surface area contributed by atoms with Crippen LogP contribution < -0.4 is 16.0 Å². The van der Waals surface area contributed by atoms with Crippen molar-refractivity contribution in [3.63, 3.8) is 0 Å². The van der Waals surface area contributed by atoms with Crippen LogP contribution in [0.15, 0.2) is 48.5 Å². The molecule has 1 fully saturated rings. The molecule has 3 N–H and O–H groups in total. The van der Waals surface area contributed by atoms with Gasteiger partial charge in [-0.15, -0.1) is 0 Å². The molecular weight excluding hydrogens is 364 g/mol. The fourth-order valence-corrected chi connectivity index (χ4v) is 3.61. The van der Waals surface area contributed by atoms with E-state index in [9.17, 15) is 9.59 Å². The van der Waals surface area contributed by atoms with Crippen LogP contribution in [0.1, 0.15) is 16.8 Å². The summed E-state index contributed by atoms with van der Waals surface area (Å²) in [4.78, 5) is 27.7. The lowest BCUT2D eigenvalue weighted by Crippen LogP contribution is -2.36. The zero-order valence-electron chi connectivity index (χ0n) is 15.2. The number of carbonyl (C=O) groups excluding carboxylic acids is 2. The Morgan fingerprint density at radius 2 is 2.00 bits per heavy atom. The highest BCUT2D eigenvalue weighted by molar-refractivity contribution is 6.34. The average Bonchev–Trinajstić information content (AvgIpc) is 3.10. The number of halogens is 1. The lowest BCUT2D eigenvalue weighted by Gasteiger charge is -2.23. The fraction of sp³-hybridized carbons (Fsp3) is 0.300. The molecule has 3 amide bonds. The van der Waals surface area contributed by atoms with Gasteiger partial charge < -0.3 is 20.9 Å². The molecule has 0 spiro atoms. The van der Waals surface area contributed by atoms with Crippen LogP contribution in [0.4, 0.5) is 16.2 Å². The summed E-state index contributed by atoms with van der Waals surface area (Å²) in [5.41, 5.74) is 7.21. The van der Waals surface area contributed by atoms with Crippen molar-refractivity contribution in [2.24, 2.45) is 11.7 Å². The van der Waals surface area contributed by atoms with E-state index in [0.29, 0.717) is 18.2 Å². The second-order valence-corrected chi connectivity index (χ2v) is 7.21. The molecule has 6 nitrogen and oxygen atoms in total. The van der Waals surface area contributed by atoms with Gasteiger partial charge in [0, 0.05) is 38.1 Å². The lowest BCUT2D eigenvalue weighted by molar-refractivity contribution is 0.100. The van der Waals surface area contributed by atoms with Gasteiger partial charge in [-0.05, 0) is 42.7 Å². The summed E-state index contributed by atoms with van der Waals surface area (Å²) >= 11 is 6.03. The van der Waals surface area contributed by atoms with Crippen LogP contribution >= 0.6 is 11.6 Å². The number of para-hydroxylation sites is 1. The van der Waals surface area contributed by atoms with Gasteiger partial charge in [0.25, 0.3) is 0 Å². The van der Waals surface area contributed by atoms with Crippen LogP contribution in [0.3, 0.4) is 0 Å². The fourth-order valence-electron chi connectivity index (χ4n) is 3.34. The van der Waals surface area contributed by atoms with Gasteiger partial charge in [-0.1, -0.05) is 29.8 Å². The minimum atomic E-state index is -0.598. The largest absolute Gasteiger partial charge is 0.371 e. The third-order valence-electron chi connectivity index (χ3n) is 4.77. The van der Waals surface area contributed by atoms with E-state index in [4.69, 9.17) is 17.3 Å². The number of anilines is 2. The van der Waals surface area contributed by atoms with Crippen LogP contribution in [0.5, 0.6) is 0 Å². The highest BCUT2D eigenvalue weighted by Crippen LogP contribution is 2.24. The first-order valence-corrected chi connectivity index (χ1v) is 9.23. The quantitative estimate of drug-likeness (QED) is 0.826. The van der Waals surface area contributed by atoms with Gasteiger partial charge in [0.15, 0.2) is 0 Å². The molecule has 0 bridgehead atoms. The van der Waals surface area contributed by atoms with E-state index in [2.05, 4.69) is 22.3 Å². The van der Waals surface area contributed by atoms with Crippen molar-refractivity contribution in [3.05, 3.63) is 59.1 Å². The summed E-state index contributed by atoms with van der Waals surface area (Å²) in [6.45, 7) is 2.59. The molecule has 3 rings (SSSR count). The van der Waals surface area contributed by atoms with Gasteiger partial charge in [0.05, 0.1) is 10.6 Å². The van der Waals surface area contributed by atoms with Gasteiger partial charge in [0.1, 0.15) is 0 Å². The number of primary amides is 1. The van der Waals surface area contributed by atoms with Crippen molar-refractivity contribution >= 4 is 34.9 Å². The number of rotatable bonds is 5. The van der Waals surface area contributed by atoms with Crippen LogP contribution in [0, 0.1) is 5.92 Å². The summed E-state index contributed by atoms with van der Waals surface area (Å²) in [6.07, 6.45) is 1.05. The first kappa shape index (κ1) is 19.0. The van der Waals surface area contributed by atoms with Gasteiger partial charge in [0.2, 0.25) is 5.91 Å². The van der Waals surface area contributed by atoms with Gasteiger partial charge in [-0.3, -0.25) is 4.79 Å². The van der Waals surface area contributed by atoms with E-state index in [1.165, 1.54) is 17.8 Å². The highest BCUT2D eigenvalue weighted by Gasteiger charge is 2.25. The molecule has 2 aromatic rings. The first-order chi connectivity index (χ1) is 12.9. The number of nitrogens with zero attached hydrogens (tertiary/aromatic N) is 2. The van der Waals surface area contributed by atoms with Crippen molar-refractivity contribution in [3.8, 4) is 0 Å². The van der Waals surface area contributed by atoms with Gasteiger partial charge in [-0.2, -0.15) is 0 Å². The Labute approximate surface area is 163 Å². The molecule has 1 atom stereocenters. The van der Waals surface area contributed by atoms with Crippen LogP contribution in [0.25, 0.3) is 0 Å². The van der Waals surface area contributed by atoms with Crippen molar-refractivity contribution < 1.29 is 9.59 Å². The number of hydrogen-bond acceptors (Lipinski definition) is 3. The second kappa shape index (κ2) is 8.31. The number of nitrogens with two attached hydrogens (primary N) is 1. The number of benzene rings is 2. The molecule has 1 aliphatic rings. The highest BCUT2D eigenvalue weighted by atomic mass is 35.5. The molecule has 0 aromatic heterocycles. The van der Waals surface area contributed by atoms with Crippen molar-refractivity contribution in [1.29, 1.82) is 0 Å². The molecule has 0 saturated carbocycles. The summed E-state index contributed by atoms with van der Waals surface area (Å²) < 4.78 is 0. The Morgan fingerprint density at radius 3 is 2.67 bits per heavy atom. The SMILES string of the molecule is CN(C[C@H]1CCN(c2ccccc2)C1)C(=O)Nc1ccc(C(N)=O)c(Cl)c1. The smallest absolute Gasteiger partial charge is 0.321 e. The third kappa shape index (κ3) is 4.71. The molecule has 0 unspecified atom stereocenters. The maximum Gasteiger partial charge on any atom is 0.321 e. The molecule has 1 saturated heterocycles. The van der Waals surface area contributed by atoms with E-state index in [1.54, 1.807) is 18.0 Å². The number of nitrogens with one attached hydrogen (secondary N) is 1. The Kier molecular flexibility index (Phi) is 5.86. The number of carbonyl (C=O) groups is 2. The maximum atomic E-state index is 12.4. The molecule has 7 heteroatoms. The molecule has 27 heavy (non-hydrogen) atoms.